The van der Waals surface area contributed by atoms with Crippen LogP contribution < -0.4 is 20.1 Å². The van der Waals surface area contributed by atoms with E-state index in [1.807, 2.05) is 0 Å². The molecule has 1 aliphatic heterocycles. The van der Waals surface area contributed by atoms with Crippen LogP contribution in [0.15, 0.2) is 18.2 Å². The molecule has 3 aromatic rings. The highest BCUT2D eigenvalue weighted by Crippen LogP contribution is 2.47. The van der Waals surface area contributed by atoms with Gasteiger partial charge in [0.15, 0.2) is 23.2 Å². The van der Waals surface area contributed by atoms with Crippen LogP contribution >= 0.6 is 22.9 Å². The second-order valence-corrected chi connectivity index (χ2v) is 10.6. The number of rotatable bonds is 9. The molecule has 0 saturated carbocycles. The summed E-state index contributed by atoms with van der Waals surface area (Å²) >= 11 is 7.24. The number of nitrogens with one attached hydrogen (secondary N) is 2. The van der Waals surface area contributed by atoms with E-state index in [1.54, 1.807) is 32.0 Å². The summed E-state index contributed by atoms with van der Waals surface area (Å²) in [6, 6.07) is 1.70. The van der Waals surface area contributed by atoms with Gasteiger partial charge in [0.2, 0.25) is 0 Å². The highest BCUT2D eigenvalue weighted by molar-refractivity contribution is 7.18. The van der Waals surface area contributed by atoms with Crippen molar-refractivity contribution in [3.63, 3.8) is 0 Å². The number of fused-ring (bicyclic) bond motifs is 1. The number of anilines is 2. The van der Waals surface area contributed by atoms with Crippen LogP contribution in [0.4, 0.5) is 24.0 Å². The first-order chi connectivity index (χ1) is 20.4. The summed E-state index contributed by atoms with van der Waals surface area (Å²) in [6.07, 6.45) is -5.21. The molecule has 2 N–H and O–H groups in total. The monoisotopic (exact) mass is 644 g/mol. The van der Waals surface area contributed by atoms with Crippen LogP contribution in [0.5, 0.6) is 11.5 Å². The largest absolute Gasteiger partial charge is 0.493 e. The lowest BCUT2D eigenvalue weighted by atomic mass is 9.96. The van der Waals surface area contributed by atoms with Gasteiger partial charge >= 0.3 is 18.1 Å². The summed E-state index contributed by atoms with van der Waals surface area (Å²) in [6.45, 7) is 4.76. The first-order valence-corrected chi connectivity index (χ1v) is 14.2. The minimum atomic E-state index is -4.74. The van der Waals surface area contributed by atoms with Gasteiger partial charge in [-0.05, 0) is 44.0 Å². The molecule has 4 rings (SSSR count). The maximum atomic E-state index is 14.3. The second kappa shape index (κ2) is 12.7. The van der Waals surface area contributed by atoms with Crippen molar-refractivity contribution >= 4 is 51.6 Å². The van der Waals surface area contributed by atoms with Crippen molar-refractivity contribution in [2.24, 2.45) is 0 Å². The molecule has 3 heterocycles. The van der Waals surface area contributed by atoms with Crippen LogP contribution in [0.2, 0.25) is 5.02 Å². The van der Waals surface area contributed by atoms with Gasteiger partial charge in [-0.25, -0.2) is 14.3 Å². The van der Waals surface area contributed by atoms with Gasteiger partial charge in [0.1, 0.15) is 20.7 Å². The zero-order valence-corrected chi connectivity index (χ0v) is 25.3. The number of amides is 1. The predicted octanol–water partition coefficient (Wildman–Crippen LogP) is 6.19. The van der Waals surface area contributed by atoms with Crippen molar-refractivity contribution in [3.8, 4) is 11.5 Å². The van der Waals surface area contributed by atoms with Crippen LogP contribution in [0, 0.1) is 6.92 Å². The molecule has 1 aliphatic rings. The number of nitrogens with zero attached hydrogens (tertiary/aromatic N) is 2. The Kier molecular flexibility index (Phi) is 9.44. The van der Waals surface area contributed by atoms with Crippen molar-refractivity contribution < 1.29 is 46.5 Å². The Hall–Kier alpha value is -3.98. The minimum absolute atomic E-state index is 0.0155. The highest BCUT2D eigenvalue weighted by Gasteiger charge is 2.48. The summed E-state index contributed by atoms with van der Waals surface area (Å²) in [7, 11) is 2.84. The Morgan fingerprint density at radius 1 is 1.12 bits per heavy atom. The topological polar surface area (TPSA) is 130 Å². The number of hydrogen-bond acceptors (Lipinski definition) is 10. The van der Waals surface area contributed by atoms with E-state index in [4.69, 9.17) is 30.5 Å². The van der Waals surface area contributed by atoms with E-state index in [2.05, 4.69) is 15.7 Å². The van der Waals surface area contributed by atoms with Crippen LogP contribution in [0.1, 0.15) is 74.0 Å². The number of thiophene rings is 1. The predicted molar refractivity (Wildman–Crippen MR) is 152 cm³/mol. The molecule has 2 atom stereocenters. The molecule has 1 amide bonds. The fourth-order valence-electron chi connectivity index (χ4n) is 4.63. The average molecular weight is 645 g/mol. The number of methoxy groups -OCH3 is 2. The molecule has 232 valence electrons. The molecule has 0 saturated heterocycles. The number of carbonyl (C=O) groups excluding carboxylic acids is 3. The van der Waals surface area contributed by atoms with Crippen LogP contribution in [-0.4, -0.2) is 61.2 Å². The third kappa shape index (κ3) is 6.22. The molecule has 43 heavy (non-hydrogen) atoms. The average Bonchev–Trinajstić information content (AvgIpc) is 3.47. The van der Waals surface area contributed by atoms with Crippen LogP contribution in [0.3, 0.4) is 0 Å². The molecule has 11 nitrogen and oxygen atoms in total. The lowest BCUT2D eigenvalue weighted by Crippen LogP contribution is -2.35. The standard InChI is InChI=1S/C27H28ClF3N4O7S/c1-6-41-25(37)18-12(3)21(26(38)42-7-2)43-24(18)33-23(36)20-19(28)22-32-14(11-17(27(29,30)31)35(22)34-20)13-8-9-15(39-4)16(10-13)40-5/h8-10,14,17,32H,6-7,11H2,1-5H3,(H,33,36). The molecule has 0 fully saturated rings. The normalized spacial score (nSPS) is 16.1. The maximum Gasteiger partial charge on any atom is 0.410 e. The highest BCUT2D eigenvalue weighted by atomic mass is 35.5. The number of ether oxygens (including phenoxy) is 4. The quantitative estimate of drug-likeness (QED) is 0.262. The minimum Gasteiger partial charge on any atom is -0.493 e. The number of aromatic nitrogens is 2. The Balaban J connectivity index is 1.73. The van der Waals surface area contributed by atoms with Crippen molar-refractivity contribution in [1.82, 2.24) is 9.78 Å². The fourth-order valence-corrected chi connectivity index (χ4v) is 5.98. The van der Waals surface area contributed by atoms with E-state index in [0.717, 1.165) is 11.3 Å². The Morgan fingerprint density at radius 3 is 2.37 bits per heavy atom. The van der Waals surface area contributed by atoms with Crippen molar-refractivity contribution in [2.75, 3.05) is 38.1 Å². The van der Waals surface area contributed by atoms with Gasteiger partial charge in [-0.1, -0.05) is 17.7 Å². The lowest BCUT2D eigenvalue weighted by Gasteiger charge is -2.33. The molecule has 0 radical (unpaired) electrons. The molecule has 2 aromatic heterocycles. The van der Waals surface area contributed by atoms with Crippen molar-refractivity contribution in [1.29, 1.82) is 0 Å². The van der Waals surface area contributed by atoms with Crippen molar-refractivity contribution in [3.05, 3.63) is 50.5 Å². The van der Waals surface area contributed by atoms with Gasteiger partial charge in [0, 0.05) is 6.42 Å². The smallest absolute Gasteiger partial charge is 0.410 e. The van der Waals surface area contributed by atoms with Gasteiger partial charge in [-0.2, -0.15) is 18.3 Å². The number of hydrogen-bond donors (Lipinski definition) is 2. The first kappa shape index (κ1) is 31.9. The van der Waals surface area contributed by atoms with Crippen LogP contribution in [0.25, 0.3) is 0 Å². The van der Waals surface area contributed by atoms with E-state index in [0.29, 0.717) is 21.7 Å². The van der Waals surface area contributed by atoms with E-state index >= 15 is 0 Å². The molecule has 0 spiro atoms. The van der Waals surface area contributed by atoms with E-state index in [-0.39, 0.29) is 45.1 Å². The lowest BCUT2D eigenvalue weighted by molar-refractivity contribution is -0.173. The molecule has 16 heteroatoms. The number of esters is 2. The van der Waals surface area contributed by atoms with E-state index in [9.17, 15) is 27.6 Å². The molecule has 2 unspecified atom stereocenters. The van der Waals surface area contributed by atoms with Crippen molar-refractivity contribution in [2.45, 2.75) is 45.5 Å². The van der Waals surface area contributed by atoms with Gasteiger partial charge in [-0.15, -0.1) is 11.3 Å². The van der Waals surface area contributed by atoms with Gasteiger partial charge in [0.25, 0.3) is 5.91 Å². The first-order valence-electron chi connectivity index (χ1n) is 13.0. The zero-order valence-electron chi connectivity index (χ0n) is 23.7. The molecule has 0 aliphatic carbocycles. The summed E-state index contributed by atoms with van der Waals surface area (Å²) in [5, 5.41) is 8.92. The number of benzene rings is 1. The van der Waals surface area contributed by atoms with E-state index in [1.165, 1.54) is 21.1 Å². The van der Waals surface area contributed by atoms with Gasteiger partial charge in [-0.3, -0.25) is 4.79 Å². The zero-order chi connectivity index (χ0) is 31.6. The summed E-state index contributed by atoms with van der Waals surface area (Å²) < 4.78 is 64.1. The van der Waals surface area contributed by atoms with Gasteiger partial charge in [0.05, 0.1) is 39.0 Å². The number of halogens is 4. The summed E-state index contributed by atoms with van der Waals surface area (Å²) in [4.78, 5) is 38.6. The van der Waals surface area contributed by atoms with Gasteiger partial charge < -0.3 is 29.6 Å². The summed E-state index contributed by atoms with van der Waals surface area (Å²) in [5.41, 5.74) is 0.0538. The molecular weight excluding hydrogens is 617 g/mol. The number of carbonyl (C=O) groups is 3. The van der Waals surface area contributed by atoms with E-state index < -0.39 is 48.2 Å². The SMILES string of the molecule is CCOC(=O)c1sc(NC(=O)c2nn3c(c2Cl)NC(c2ccc(OC)c(OC)c2)CC3C(F)(F)F)c(C(=O)OCC)c1C. The van der Waals surface area contributed by atoms with Crippen LogP contribution in [-0.2, 0) is 9.47 Å². The molecular formula is C27H28ClF3N4O7S. The fraction of sp³-hybridized carbons (Fsp3) is 0.407. The second-order valence-electron chi connectivity index (χ2n) is 9.22. The Bertz CT molecular complexity index is 1560. The third-order valence-corrected chi connectivity index (χ3v) is 8.18. The molecule has 1 aromatic carbocycles. The Morgan fingerprint density at radius 2 is 1.77 bits per heavy atom. The molecule has 0 bridgehead atoms. The summed E-state index contributed by atoms with van der Waals surface area (Å²) in [5.74, 6) is -2.03. The maximum absolute atomic E-state index is 14.3. The Labute approximate surface area is 253 Å². The number of alkyl halides is 3. The third-order valence-electron chi connectivity index (χ3n) is 6.63.